The summed E-state index contributed by atoms with van der Waals surface area (Å²) in [7, 11) is 3.10. The molecule has 4 nitrogen and oxygen atoms in total. The Bertz CT molecular complexity index is 466. The molecule has 0 spiro atoms. The van der Waals surface area contributed by atoms with Crippen LogP contribution in [0.1, 0.15) is 24.8 Å². The Morgan fingerprint density at radius 2 is 2.11 bits per heavy atom. The fourth-order valence-corrected chi connectivity index (χ4v) is 2.50. The van der Waals surface area contributed by atoms with Gasteiger partial charge >= 0.3 is 5.97 Å². The zero-order valence-corrected chi connectivity index (χ0v) is 11.8. The van der Waals surface area contributed by atoms with Crippen LogP contribution in [0, 0.1) is 12.3 Å². The molecule has 2 rings (SSSR count). The van der Waals surface area contributed by atoms with Gasteiger partial charge in [0.2, 0.25) is 0 Å². The highest BCUT2D eigenvalue weighted by Gasteiger charge is 2.45. The lowest BCUT2D eigenvalue weighted by Crippen LogP contribution is -2.44. The highest BCUT2D eigenvalue weighted by atomic mass is 16.5. The van der Waals surface area contributed by atoms with E-state index in [1.165, 1.54) is 7.11 Å². The first-order valence-corrected chi connectivity index (χ1v) is 6.58. The molecule has 0 bridgehead atoms. The lowest BCUT2D eigenvalue weighted by atomic mass is 9.68. The van der Waals surface area contributed by atoms with Crippen LogP contribution in [-0.2, 0) is 9.53 Å². The zero-order chi connectivity index (χ0) is 13.9. The van der Waals surface area contributed by atoms with E-state index >= 15 is 0 Å². The second kappa shape index (κ2) is 5.51. The molecule has 1 saturated carbocycles. The van der Waals surface area contributed by atoms with E-state index in [-0.39, 0.29) is 11.4 Å². The number of benzene rings is 1. The fourth-order valence-electron chi connectivity index (χ4n) is 2.50. The lowest BCUT2D eigenvalue weighted by Gasteiger charge is -2.39. The van der Waals surface area contributed by atoms with E-state index < -0.39 is 0 Å². The molecule has 0 heterocycles. The third kappa shape index (κ3) is 2.67. The van der Waals surface area contributed by atoms with Gasteiger partial charge in [-0.15, -0.1) is 0 Å². The van der Waals surface area contributed by atoms with Crippen molar-refractivity contribution in [3.8, 4) is 5.75 Å². The summed E-state index contributed by atoms with van der Waals surface area (Å²) >= 11 is 0. The van der Waals surface area contributed by atoms with Crippen LogP contribution in [0.5, 0.6) is 5.75 Å². The first-order valence-electron chi connectivity index (χ1n) is 6.58. The summed E-state index contributed by atoms with van der Waals surface area (Å²) in [5.41, 5.74) is 1.73. The van der Waals surface area contributed by atoms with Gasteiger partial charge in [0.1, 0.15) is 5.75 Å². The Balaban J connectivity index is 2.09. The van der Waals surface area contributed by atoms with Gasteiger partial charge in [-0.1, -0.05) is 12.5 Å². The van der Waals surface area contributed by atoms with Crippen LogP contribution in [0.4, 0.5) is 5.69 Å². The maximum Gasteiger partial charge on any atom is 0.313 e. The minimum Gasteiger partial charge on any atom is -0.495 e. The molecule has 0 saturated heterocycles. The summed E-state index contributed by atoms with van der Waals surface area (Å²) in [6.45, 7) is 2.63. The third-order valence-electron chi connectivity index (χ3n) is 3.90. The van der Waals surface area contributed by atoms with E-state index in [1.54, 1.807) is 7.11 Å². The number of methoxy groups -OCH3 is 2. The number of aryl methyl sites for hydroxylation is 1. The van der Waals surface area contributed by atoms with E-state index in [2.05, 4.69) is 5.32 Å². The quantitative estimate of drug-likeness (QED) is 0.830. The number of hydrogen-bond acceptors (Lipinski definition) is 4. The number of ether oxygens (including phenoxy) is 2. The summed E-state index contributed by atoms with van der Waals surface area (Å²) < 4.78 is 10.2. The Labute approximate surface area is 114 Å². The van der Waals surface area contributed by atoms with Crippen molar-refractivity contribution < 1.29 is 14.3 Å². The maximum absolute atomic E-state index is 11.9. The van der Waals surface area contributed by atoms with E-state index in [0.717, 1.165) is 36.3 Å². The minimum atomic E-state index is -0.358. The van der Waals surface area contributed by atoms with Gasteiger partial charge in [-0.05, 0) is 37.5 Å². The summed E-state index contributed by atoms with van der Waals surface area (Å²) in [6.07, 6.45) is 2.86. The van der Waals surface area contributed by atoms with Crippen molar-refractivity contribution in [2.24, 2.45) is 5.41 Å². The van der Waals surface area contributed by atoms with Gasteiger partial charge in [0, 0.05) is 6.54 Å². The van der Waals surface area contributed by atoms with Crippen molar-refractivity contribution >= 4 is 11.7 Å². The molecule has 0 atom stereocenters. The van der Waals surface area contributed by atoms with Gasteiger partial charge in [-0.25, -0.2) is 0 Å². The molecule has 0 aromatic heterocycles. The average Bonchev–Trinajstić information content (AvgIpc) is 2.37. The normalized spacial score (nSPS) is 16.4. The van der Waals surface area contributed by atoms with Crippen LogP contribution in [0.25, 0.3) is 0 Å². The summed E-state index contributed by atoms with van der Waals surface area (Å²) in [6, 6.07) is 5.97. The highest BCUT2D eigenvalue weighted by Crippen LogP contribution is 2.42. The van der Waals surface area contributed by atoms with Gasteiger partial charge in [0.05, 0.1) is 25.3 Å². The third-order valence-corrected chi connectivity index (χ3v) is 3.90. The monoisotopic (exact) mass is 263 g/mol. The number of nitrogens with one attached hydrogen (secondary N) is 1. The van der Waals surface area contributed by atoms with E-state index in [0.29, 0.717) is 6.54 Å². The van der Waals surface area contributed by atoms with Crippen LogP contribution in [-0.4, -0.2) is 26.7 Å². The standard InChI is InChI=1S/C15H21NO3/c1-11-5-6-13(18-2)12(9-11)16-10-15(7-4-8-15)14(17)19-3/h5-6,9,16H,4,7-8,10H2,1-3H3. The molecule has 1 aliphatic carbocycles. The van der Waals surface area contributed by atoms with E-state index in [4.69, 9.17) is 9.47 Å². The van der Waals surface area contributed by atoms with Crippen LogP contribution >= 0.6 is 0 Å². The molecule has 1 aromatic rings. The van der Waals surface area contributed by atoms with E-state index in [9.17, 15) is 4.79 Å². The van der Waals surface area contributed by atoms with E-state index in [1.807, 2.05) is 25.1 Å². The van der Waals surface area contributed by atoms with Gasteiger partial charge in [0.25, 0.3) is 0 Å². The molecule has 0 amide bonds. The smallest absolute Gasteiger partial charge is 0.313 e. The molecule has 19 heavy (non-hydrogen) atoms. The van der Waals surface area contributed by atoms with Gasteiger partial charge in [-0.2, -0.15) is 0 Å². The molecule has 0 radical (unpaired) electrons. The zero-order valence-electron chi connectivity index (χ0n) is 11.8. The molecule has 0 unspecified atom stereocenters. The average molecular weight is 263 g/mol. The lowest BCUT2D eigenvalue weighted by molar-refractivity contribution is -0.157. The first kappa shape index (κ1) is 13.7. The molecule has 0 aliphatic heterocycles. The van der Waals surface area contributed by atoms with Gasteiger partial charge in [-0.3, -0.25) is 4.79 Å². The van der Waals surface area contributed by atoms with Crippen molar-refractivity contribution in [2.45, 2.75) is 26.2 Å². The van der Waals surface area contributed by atoms with Crippen LogP contribution in [0.2, 0.25) is 0 Å². The molecule has 1 fully saturated rings. The fraction of sp³-hybridized carbons (Fsp3) is 0.533. The largest absolute Gasteiger partial charge is 0.495 e. The molecule has 104 valence electrons. The summed E-state index contributed by atoms with van der Waals surface area (Å²) in [5, 5.41) is 3.34. The number of carbonyl (C=O) groups excluding carboxylic acids is 1. The second-order valence-corrected chi connectivity index (χ2v) is 5.18. The minimum absolute atomic E-state index is 0.113. The highest BCUT2D eigenvalue weighted by molar-refractivity contribution is 5.78. The maximum atomic E-state index is 11.9. The van der Waals surface area contributed by atoms with Crippen molar-refractivity contribution in [3.63, 3.8) is 0 Å². The summed E-state index contributed by atoms with van der Waals surface area (Å²) in [5.74, 6) is 0.683. The number of rotatable bonds is 5. The second-order valence-electron chi connectivity index (χ2n) is 5.18. The van der Waals surface area contributed by atoms with Crippen molar-refractivity contribution in [2.75, 3.05) is 26.1 Å². The summed E-state index contributed by atoms with van der Waals surface area (Å²) in [4.78, 5) is 11.9. The topological polar surface area (TPSA) is 47.6 Å². The van der Waals surface area contributed by atoms with Crippen LogP contribution in [0.15, 0.2) is 18.2 Å². The molecule has 4 heteroatoms. The van der Waals surface area contributed by atoms with Gasteiger partial charge < -0.3 is 14.8 Å². The van der Waals surface area contributed by atoms with Crippen molar-refractivity contribution in [3.05, 3.63) is 23.8 Å². The Hall–Kier alpha value is -1.71. The van der Waals surface area contributed by atoms with Gasteiger partial charge in [0.15, 0.2) is 0 Å². The number of anilines is 1. The Morgan fingerprint density at radius 1 is 1.37 bits per heavy atom. The Morgan fingerprint density at radius 3 is 2.63 bits per heavy atom. The van der Waals surface area contributed by atoms with Crippen LogP contribution in [0.3, 0.4) is 0 Å². The number of carbonyl (C=O) groups is 1. The molecule has 1 N–H and O–H groups in total. The van der Waals surface area contributed by atoms with Crippen LogP contribution < -0.4 is 10.1 Å². The Kier molecular flexibility index (Phi) is 3.98. The molecule has 1 aromatic carbocycles. The first-order chi connectivity index (χ1) is 9.11. The molecule has 1 aliphatic rings. The molecular weight excluding hydrogens is 242 g/mol. The number of hydrogen-bond donors (Lipinski definition) is 1. The van der Waals surface area contributed by atoms with Crippen molar-refractivity contribution in [1.29, 1.82) is 0 Å². The predicted molar refractivity (Wildman–Crippen MR) is 74.5 cm³/mol. The SMILES string of the molecule is COC(=O)C1(CNc2cc(C)ccc2OC)CCC1. The molecular formula is C15H21NO3. The predicted octanol–water partition coefficient (Wildman–Crippen LogP) is 2.76. The van der Waals surface area contributed by atoms with Crippen molar-refractivity contribution in [1.82, 2.24) is 0 Å². The number of esters is 1.